The van der Waals surface area contributed by atoms with Crippen LogP contribution >= 0.6 is 0 Å². The van der Waals surface area contributed by atoms with Crippen molar-refractivity contribution in [2.75, 3.05) is 33.4 Å². The lowest BCUT2D eigenvalue weighted by atomic mass is 9.95. The molecule has 2 aliphatic rings. The van der Waals surface area contributed by atoms with E-state index in [1.807, 2.05) is 19.1 Å². The molecule has 37 heavy (non-hydrogen) atoms. The van der Waals surface area contributed by atoms with Crippen LogP contribution < -0.4 is 22.1 Å². The fraction of sp³-hybridized carbons (Fsp3) is 0.500. The Morgan fingerprint density at radius 1 is 1.14 bits per heavy atom. The number of ether oxygens (including phenoxy) is 3. The first kappa shape index (κ1) is 27.2. The Bertz CT molecular complexity index is 1110. The number of amides is 2. The summed E-state index contributed by atoms with van der Waals surface area (Å²) in [5, 5.41) is 5.86. The van der Waals surface area contributed by atoms with Crippen molar-refractivity contribution in [3.63, 3.8) is 0 Å². The smallest absolute Gasteiger partial charge is 0.251 e. The van der Waals surface area contributed by atoms with Crippen LogP contribution in [0.1, 0.15) is 59.2 Å². The van der Waals surface area contributed by atoms with E-state index < -0.39 is 6.29 Å². The van der Waals surface area contributed by atoms with Crippen LogP contribution in [0.3, 0.4) is 0 Å². The Balaban J connectivity index is 1.52. The number of nitrogens with one attached hydrogen (secondary N) is 2. The topological polar surface area (TPSA) is 141 Å². The van der Waals surface area contributed by atoms with Gasteiger partial charge in [0.2, 0.25) is 5.91 Å². The monoisotopic (exact) mass is 510 g/mol. The SMILES string of the molecule is COCCNC(=O)CCCc1ccc2c(c1)C(COC1OC1N)c1cccc(C(=O)NCCC(C)N)c1-2. The van der Waals surface area contributed by atoms with E-state index in [9.17, 15) is 9.59 Å². The second kappa shape index (κ2) is 12.6. The van der Waals surface area contributed by atoms with Gasteiger partial charge in [0.1, 0.15) is 0 Å². The number of rotatable bonds is 14. The zero-order valence-corrected chi connectivity index (χ0v) is 21.6. The van der Waals surface area contributed by atoms with Gasteiger partial charge in [-0.3, -0.25) is 9.59 Å². The van der Waals surface area contributed by atoms with E-state index in [0.29, 0.717) is 44.7 Å². The van der Waals surface area contributed by atoms with Gasteiger partial charge in [-0.2, -0.15) is 0 Å². The average Bonchev–Trinajstić information content (AvgIpc) is 3.49. The van der Waals surface area contributed by atoms with Crippen molar-refractivity contribution in [2.45, 2.75) is 57.1 Å². The molecule has 0 bridgehead atoms. The summed E-state index contributed by atoms with van der Waals surface area (Å²) >= 11 is 0. The number of nitrogens with two attached hydrogens (primary N) is 2. The summed E-state index contributed by atoms with van der Waals surface area (Å²) in [6, 6.07) is 12.2. The van der Waals surface area contributed by atoms with Crippen molar-refractivity contribution in [1.82, 2.24) is 10.6 Å². The molecule has 2 aromatic carbocycles. The molecule has 0 aromatic heterocycles. The molecule has 4 rings (SSSR count). The number of epoxide rings is 1. The van der Waals surface area contributed by atoms with Crippen LogP contribution in [-0.2, 0) is 25.4 Å². The summed E-state index contributed by atoms with van der Waals surface area (Å²) in [7, 11) is 1.61. The van der Waals surface area contributed by atoms with Gasteiger partial charge >= 0.3 is 0 Å². The van der Waals surface area contributed by atoms with Gasteiger partial charge in [-0.1, -0.05) is 30.3 Å². The third kappa shape index (κ3) is 6.94. The second-order valence-corrected chi connectivity index (χ2v) is 9.76. The first-order chi connectivity index (χ1) is 17.9. The maximum atomic E-state index is 13.1. The average molecular weight is 511 g/mol. The summed E-state index contributed by atoms with van der Waals surface area (Å²) in [6.07, 6.45) is 1.90. The summed E-state index contributed by atoms with van der Waals surface area (Å²) in [4.78, 5) is 25.2. The van der Waals surface area contributed by atoms with Gasteiger partial charge in [-0.05, 0) is 60.1 Å². The van der Waals surface area contributed by atoms with Crippen molar-refractivity contribution in [3.05, 3.63) is 58.7 Å². The van der Waals surface area contributed by atoms with Crippen LogP contribution in [0.5, 0.6) is 0 Å². The molecule has 4 unspecified atom stereocenters. The summed E-state index contributed by atoms with van der Waals surface area (Å²) in [5.74, 6) is -0.131. The molecule has 0 saturated carbocycles. The molecule has 4 atom stereocenters. The number of benzene rings is 2. The number of carbonyl (C=O) groups excluding carboxylic acids is 2. The molecule has 1 heterocycles. The third-order valence-corrected chi connectivity index (χ3v) is 6.77. The van der Waals surface area contributed by atoms with E-state index >= 15 is 0 Å². The molecule has 6 N–H and O–H groups in total. The minimum Gasteiger partial charge on any atom is -0.383 e. The molecule has 2 aromatic rings. The molecule has 1 fully saturated rings. The first-order valence-corrected chi connectivity index (χ1v) is 13.0. The van der Waals surface area contributed by atoms with Crippen molar-refractivity contribution in [1.29, 1.82) is 0 Å². The highest BCUT2D eigenvalue weighted by molar-refractivity contribution is 6.03. The Hall–Kier alpha value is -2.82. The molecule has 0 radical (unpaired) electrons. The number of methoxy groups -OCH3 is 1. The molecular formula is C28H38N4O5. The summed E-state index contributed by atoms with van der Waals surface area (Å²) < 4.78 is 16.1. The lowest BCUT2D eigenvalue weighted by Gasteiger charge is -2.15. The molecular weight excluding hydrogens is 472 g/mol. The number of hydrogen-bond donors (Lipinski definition) is 4. The lowest BCUT2D eigenvalue weighted by Crippen LogP contribution is -2.29. The maximum Gasteiger partial charge on any atom is 0.251 e. The highest BCUT2D eigenvalue weighted by Crippen LogP contribution is 2.47. The molecule has 1 aliphatic heterocycles. The van der Waals surface area contributed by atoms with Crippen LogP contribution in [0.2, 0.25) is 0 Å². The standard InChI is InChI=1S/C28H38N4O5/c1-17(29)11-12-32-27(34)21-7-4-6-19-23(16-36-28-26(30)37-28)22-15-18(9-10-20(22)25(19)21)5-3-8-24(33)31-13-14-35-2/h4,6-7,9-10,15,17,23,26,28H,3,5,8,11-14,16,29-30H2,1-2H3,(H,31,33)(H,32,34). The van der Waals surface area contributed by atoms with Crippen LogP contribution in [0.15, 0.2) is 36.4 Å². The predicted octanol–water partition coefficient (Wildman–Crippen LogP) is 2.01. The first-order valence-electron chi connectivity index (χ1n) is 13.0. The minimum atomic E-state index is -0.392. The maximum absolute atomic E-state index is 13.1. The lowest BCUT2D eigenvalue weighted by molar-refractivity contribution is -0.121. The van der Waals surface area contributed by atoms with Gasteiger partial charge < -0.3 is 36.3 Å². The van der Waals surface area contributed by atoms with Crippen LogP contribution in [0.4, 0.5) is 0 Å². The highest BCUT2D eigenvalue weighted by atomic mass is 16.8. The number of fused-ring (bicyclic) bond motifs is 3. The van der Waals surface area contributed by atoms with Gasteiger partial charge in [-0.25, -0.2) is 0 Å². The van der Waals surface area contributed by atoms with E-state index in [1.54, 1.807) is 7.11 Å². The van der Waals surface area contributed by atoms with Gasteiger partial charge in [0.15, 0.2) is 12.5 Å². The molecule has 1 saturated heterocycles. The van der Waals surface area contributed by atoms with E-state index in [0.717, 1.165) is 40.7 Å². The Labute approximate surface area is 218 Å². The van der Waals surface area contributed by atoms with Crippen LogP contribution in [0.25, 0.3) is 11.1 Å². The Kier molecular flexibility index (Phi) is 9.28. The highest BCUT2D eigenvalue weighted by Gasteiger charge is 2.39. The molecule has 200 valence electrons. The third-order valence-electron chi connectivity index (χ3n) is 6.77. The molecule has 9 heteroatoms. The van der Waals surface area contributed by atoms with Crippen LogP contribution in [0, 0.1) is 0 Å². The zero-order valence-electron chi connectivity index (χ0n) is 21.6. The van der Waals surface area contributed by atoms with E-state index in [1.165, 1.54) is 0 Å². The quantitative estimate of drug-likeness (QED) is 0.225. The van der Waals surface area contributed by atoms with E-state index in [-0.39, 0.29) is 30.0 Å². The Morgan fingerprint density at radius 3 is 2.68 bits per heavy atom. The van der Waals surface area contributed by atoms with Crippen molar-refractivity contribution < 1.29 is 23.8 Å². The normalized spacial score (nSPS) is 20.2. The number of aryl methyl sites for hydroxylation is 1. The van der Waals surface area contributed by atoms with Crippen molar-refractivity contribution in [3.8, 4) is 11.1 Å². The molecule has 1 aliphatic carbocycles. The fourth-order valence-electron chi connectivity index (χ4n) is 4.76. The number of carbonyl (C=O) groups is 2. The summed E-state index contributed by atoms with van der Waals surface area (Å²) in [5.41, 5.74) is 17.5. The van der Waals surface area contributed by atoms with Crippen molar-refractivity contribution in [2.24, 2.45) is 11.5 Å². The zero-order chi connectivity index (χ0) is 26.4. The largest absolute Gasteiger partial charge is 0.383 e. The fourth-order valence-corrected chi connectivity index (χ4v) is 4.76. The number of hydrogen-bond acceptors (Lipinski definition) is 7. The van der Waals surface area contributed by atoms with E-state index in [4.69, 9.17) is 25.7 Å². The Morgan fingerprint density at radius 2 is 1.95 bits per heavy atom. The van der Waals surface area contributed by atoms with Gasteiger partial charge in [0, 0.05) is 44.1 Å². The van der Waals surface area contributed by atoms with Gasteiger partial charge in [0.05, 0.1) is 13.2 Å². The van der Waals surface area contributed by atoms with Crippen molar-refractivity contribution >= 4 is 11.8 Å². The van der Waals surface area contributed by atoms with Gasteiger partial charge in [-0.15, -0.1) is 0 Å². The molecule has 0 spiro atoms. The predicted molar refractivity (Wildman–Crippen MR) is 141 cm³/mol. The second-order valence-electron chi connectivity index (χ2n) is 9.76. The van der Waals surface area contributed by atoms with Gasteiger partial charge in [0.25, 0.3) is 5.91 Å². The van der Waals surface area contributed by atoms with Crippen LogP contribution in [-0.4, -0.2) is 63.8 Å². The minimum absolute atomic E-state index is 0.0231. The van der Waals surface area contributed by atoms with E-state index in [2.05, 4.69) is 34.9 Å². The molecule has 9 nitrogen and oxygen atoms in total. The summed E-state index contributed by atoms with van der Waals surface area (Å²) in [6.45, 7) is 3.87. The molecule has 2 amide bonds.